The first-order valence-corrected chi connectivity index (χ1v) is 6.28. The van der Waals surface area contributed by atoms with Crippen LogP contribution >= 0.6 is 0 Å². The van der Waals surface area contributed by atoms with Crippen molar-refractivity contribution in [2.45, 2.75) is 25.7 Å². The van der Waals surface area contributed by atoms with Crippen LogP contribution in [0, 0.1) is 5.92 Å². The van der Waals surface area contributed by atoms with Crippen molar-refractivity contribution in [3.63, 3.8) is 0 Å². The largest absolute Gasteiger partial charge is 0.399 e. The molecule has 0 heterocycles. The highest BCUT2D eigenvalue weighted by atomic mass is 16.2. The van der Waals surface area contributed by atoms with Crippen LogP contribution < -0.4 is 5.73 Å². The van der Waals surface area contributed by atoms with Gasteiger partial charge in [-0.3, -0.25) is 4.79 Å². The molecule has 17 heavy (non-hydrogen) atoms. The summed E-state index contributed by atoms with van der Waals surface area (Å²) >= 11 is 0. The zero-order chi connectivity index (χ0) is 12.3. The smallest absolute Gasteiger partial charge is 0.253 e. The van der Waals surface area contributed by atoms with Gasteiger partial charge in [-0.05, 0) is 37.0 Å². The molecule has 3 heteroatoms. The van der Waals surface area contributed by atoms with Gasteiger partial charge >= 0.3 is 0 Å². The highest BCUT2D eigenvalue weighted by molar-refractivity contribution is 5.94. The number of carbonyl (C=O) groups excluding carboxylic acids is 1. The predicted octanol–water partition coefficient (Wildman–Crippen LogP) is 2.53. The third-order valence-corrected chi connectivity index (χ3v) is 3.49. The Kier molecular flexibility index (Phi) is 3.67. The molecule has 0 spiro atoms. The van der Waals surface area contributed by atoms with Crippen LogP contribution in [0.1, 0.15) is 36.0 Å². The number of hydrogen-bond donors (Lipinski definition) is 1. The number of amides is 1. The van der Waals surface area contributed by atoms with Gasteiger partial charge in [-0.1, -0.05) is 18.9 Å². The van der Waals surface area contributed by atoms with Crippen LogP contribution in [0.5, 0.6) is 0 Å². The van der Waals surface area contributed by atoms with Crippen LogP contribution in [-0.4, -0.2) is 24.4 Å². The molecule has 1 aromatic rings. The van der Waals surface area contributed by atoms with Crippen LogP contribution in [0.4, 0.5) is 5.69 Å². The molecule has 2 rings (SSSR count). The van der Waals surface area contributed by atoms with Gasteiger partial charge in [0.2, 0.25) is 0 Å². The number of carbonyl (C=O) groups is 1. The van der Waals surface area contributed by atoms with Gasteiger partial charge in [0.1, 0.15) is 0 Å². The van der Waals surface area contributed by atoms with Crippen molar-refractivity contribution in [3.05, 3.63) is 29.8 Å². The number of nitrogens with two attached hydrogens (primary N) is 1. The monoisotopic (exact) mass is 232 g/mol. The minimum atomic E-state index is 0.0733. The maximum atomic E-state index is 12.2. The average Bonchev–Trinajstić information content (AvgIpc) is 2.80. The summed E-state index contributed by atoms with van der Waals surface area (Å²) in [5.41, 5.74) is 7.02. The molecule has 3 nitrogen and oxygen atoms in total. The van der Waals surface area contributed by atoms with Gasteiger partial charge in [-0.25, -0.2) is 0 Å². The molecule has 0 unspecified atom stereocenters. The van der Waals surface area contributed by atoms with E-state index in [2.05, 4.69) is 0 Å². The Bertz CT molecular complexity index is 397. The Balaban J connectivity index is 1.98. The standard InChI is InChI=1S/C14H20N2O/c1-16(10-11-5-2-3-6-11)14(17)12-7-4-8-13(15)9-12/h4,7-9,11H,2-3,5-6,10,15H2,1H3. The molecule has 1 aromatic carbocycles. The number of rotatable bonds is 3. The molecule has 1 saturated carbocycles. The minimum Gasteiger partial charge on any atom is -0.399 e. The van der Waals surface area contributed by atoms with Crippen molar-refractivity contribution in [1.29, 1.82) is 0 Å². The third kappa shape index (κ3) is 2.99. The lowest BCUT2D eigenvalue weighted by Gasteiger charge is -2.21. The van der Waals surface area contributed by atoms with Crippen molar-refractivity contribution in [1.82, 2.24) is 4.90 Å². The molecule has 0 saturated heterocycles. The second-order valence-corrected chi connectivity index (χ2v) is 4.96. The number of anilines is 1. The van der Waals surface area contributed by atoms with Crippen molar-refractivity contribution in [3.8, 4) is 0 Å². The van der Waals surface area contributed by atoms with E-state index in [0.29, 0.717) is 17.2 Å². The summed E-state index contributed by atoms with van der Waals surface area (Å²) in [5.74, 6) is 0.759. The summed E-state index contributed by atoms with van der Waals surface area (Å²) in [6, 6.07) is 7.19. The molecule has 92 valence electrons. The quantitative estimate of drug-likeness (QED) is 0.814. The summed E-state index contributed by atoms with van der Waals surface area (Å²) in [6.07, 6.45) is 5.14. The summed E-state index contributed by atoms with van der Waals surface area (Å²) in [4.78, 5) is 14.0. The van der Waals surface area contributed by atoms with Crippen LogP contribution in [0.3, 0.4) is 0 Å². The fraction of sp³-hybridized carbons (Fsp3) is 0.500. The molecule has 0 atom stereocenters. The minimum absolute atomic E-state index is 0.0733. The summed E-state index contributed by atoms with van der Waals surface area (Å²) in [7, 11) is 1.88. The van der Waals surface area contributed by atoms with Gasteiger partial charge in [0.15, 0.2) is 0 Å². The average molecular weight is 232 g/mol. The molecule has 0 bridgehead atoms. The molecular weight excluding hydrogens is 212 g/mol. The fourth-order valence-electron chi connectivity index (χ4n) is 2.56. The highest BCUT2D eigenvalue weighted by Gasteiger charge is 2.20. The normalized spacial score (nSPS) is 16.1. The summed E-state index contributed by atoms with van der Waals surface area (Å²) in [6.45, 7) is 0.869. The van der Waals surface area contributed by atoms with Gasteiger partial charge < -0.3 is 10.6 Å². The van der Waals surface area contributed by atoms with E-state index in [-0.39, 0.29) is 5.91 Å². The highest BCUT2D eigenvalue weighted by Crippen LogP contribution is 2.25. The van der Waals surface area contributed by atoms with E-state index in [1.165, 1.54) is 25.7 Å². The lowest BCUT2D eigenvalue weighted by molar-refractivity contribution is 0.0773. The van der Waals surface area contributed by atoms with Crippen molar-refractivity contribution in [2.75, 3.05) is 19.3 Å². The van der Waals surface area contributed by atoms with Gasteiger partial charge in [-0.15, -0.1) is 0 Å². The van der Waals surface area contributed by atoms with E-state index < -0.39 is 0 Å². The first kappa shape index (κ1) is 12.0. The van der Waals surface area contributed by atoms with E-state index in [4.69, 9.17) is 5.73 Å². The van der Waals surface area contributed by atoms with E-state index in [1.54, 1.807) is 12.1 Å². The molecule has 0 aromatic heterocycles. The number of benzene rings is 1. The SMILES string of the molecule is CN(CC1CCCC1)C(=O)c1cccc(N)c1. The van der Waals surface area contributed by atoms with Crippen LogP contribution in [0.2, 0.25) is 0 Å². The fourth-order valence-corrected chi connectivity index (χ4v) is 2.56. The number of nitrogens with zero attached hydrogens (tertiary/aromatic N) is 1. The first-order chi connectivity index (χ1) is 8.16. The molecule has 2 N–H and O–H groups in total. The topological polar surface area (TPSA) is 46.3 Å². The summed E-state index contributed by atoms with van der Waals surface area (Å²) < 4.78 is 0. The Labute approximate surface area is 103 Å². The molecule has 1 fully saturated rings. The Morgan fingerprint density at radius 2 is 2.12 bits per heavy atom. The maximum absolute atomic E-state index is 12.2. The molecule has 1 aliphatic carbocycles. The first-order valence-electron chi connectivity index (χ1n) is 6.28. The van der Waals surface area contributed by atoms with E-state index in [0.717, 1.165) is 6.54 Å². The maximum Gasteiger partial charge on any atom is 0.253 e. The van der Waals surface area contributed by atoms with E-state index >= 15 is 0 Å². The molecule has 0 radical (unpaired) electrons. The Hall–Kier alpha value is -1.51. The number of hydrogen-bond acceptors (Lipinski definition) is 2. The van der Waals surface area contributed by atoms with Crippen molar-refractivity contribution < 1.29 is 4.79 Å². The molecule has 1 amide bonds. The second kappa shape index (κ2) is 5.21. The Morgan fingerprint density at radius 1 is 1.41 bits per heavy atom. The third-order valence-electron chi connectivity index (χ3n) is 3.49. The van der Waals surface area contributed by atoms with Crippen LogP contribution in [-0.2, 0) is 0 Å². The van der Waals surface area contributed by atoms with Crippen molar-refractivity contribution >= 4 is 11.6 Å². The van der Waals surface area contributed by atoms with Crippen LogP contribution in [0.25, 0.3) is 0 Å². The molecular formula is C14H20N2O. The van der Waals surface area contributed by atoms with Gasteiger partial charge in [0.05, 0.1) is 0 Å². The predicted molar refractivity (Wildman–Crippen MR) is 69.8 cm³/mol. The van der Waals surface area contributed by atoms with Gasteiger partial charge in [-0.2, -0.15) is 0 Å². The van der Waals surface area contributed by atoms with E-state index in [1.807, 2.05) is 24.1 Å². The Morgan fingerprint density at radius 3 is 2.76 bits per heavy atom. The molecule has 0 aliphatic heterocycles. The van der Waals surface area contributed by atoms with E-state index in [9.17, 15) is 4.79 Å². The lowest BCUT2D eigenvalue weighted by atomic mass is 10.1. The lowest BCUT2D eigenvalue weighted by Crippen LogP contribution is -2.31. The zero-order valence-corrected chi connectivity index (χ0v) is 10.4. The van der Waals surface area contributed by atoms with Gasteiger partial charge in [0.25, 0.3) is 5.91 Å². The number of nitrogen functional groups attached to an aromatic ring is 1. The summed E-state index contributed by atoms with van der Waals surface area (Å²) in [5, 5.41) is 0. The zero-order valence-electron chi connectivity index (χ0n) is 10.4. The molecule has 1 aliphatic rings. The second-order valence-electron chi connectivity index (χ2n) is 4.96. The van der Waals surface area contributed by atoms with Crippen LogP contribution in [0.15, 0.2) is 24.3 Å². The van der Waals surface area contributed by atoms with Crippen molar-refractivity contribution in [2.24, 2.45) is 5.92 Å². The van der Waals surface area contributed by atoms with Gasteiger partial charge in [0, 0.05) is 24.8 Å².